The second-order valence-corrected chi connectivity index (χ2v) is 6.63. The van der Waals surface area contributed by atoms with Crippen LogP contribution in [0.4, 0.5) is 8.78 Å². The van der Waals surface area contributed by atoms with Crippen LogP contribution in [0.15, 0.2) is 53.4 Å². The summed E-state index contributed by atoms with van der Waals surface area (Å²) in [6, 6.07) is 10.0. The number of sulfonamides is 1. The van der Waals surface area contributed by atoms with Crippen LogP contribution in [0.1, 0.15) is 0 Å². The summed E-state index contributed by atoms with van der Waals surface area (Å²) in [5.41, 5.74) is 0. The molecule has 0 heterocycles. The fourth-order valence-corrected chi connectivity index (χ4v) is 2.88. The summed E-state index contributed by atoms with van der Waals surface area (Å²) in [5.74, 6) is -0.418. The largest absolute Gasteiger partial charge is 0.492 e. The summed E-state index contributed by atoms with van der Waals surface area (Å²) in [6.45, 7) is 0.222. The first-order valence-corrected chi connectivity index (χ1v) is 7.94. The maximum absolute atomic E-state index is 12.8. The first-order valence-electron chi connectivity index (χ1n) is 6.50. The molecule has 0 bridgehead atoms. The molecule has 0 aliphatic rings. The van der Waals surface area contributed by atoms with Gasteiger partial charge in [0.2, 0.25) is 10.0 Å². The second kappa shape index (κ2) is 6.85. The van der Waals surface area contributed by atoms with Crippen LogP contribution in [0.3, 0.4) is 0 Å². The summed E-state index contributed by atoms with van der Waals surface area (Å²) in [6.07, 6.45) is 0. The highest BCUT2D eigenvalue weighted by molar-refractivity contribution is 7.89. The molecule has 0 aliphatic heterocycles. The average molecular weight is 327 g/mol. The lowest BCUT2D eigenvalue weighted by Gasteiger charge is -2.17. The quantitative estimate of drug-likeness (QED) is 0.819. The molecular formula is C15H15F2NO3S. The van der Waals surface area contributed by atoms with Gasteiger partial charge in [-0.1, -0.05) is 0 Å². The van der Waals surface area contributed by atoms with Gasteiger partial charge in [-0.2, -0.15) is 4.31 Å². The van der Waals surface area contributed by atoms with Crippen LogP contribution in [-0.4, -0.2) is 32.9 Å². The van der Waals surface area contributed by atoms with Gasteiger partial charge < -0.3 is 4.74 Å². The van der Waals surface area contributed by atoms with E-state index in [1.54, 1.807) is 0 Å². The first kappa shape index (κ1) is 16.4. The molecule has 0 amide bonds. The standard InChI is InChI=1S/C15H15F2NO3S/c1-18(10-11-21-14-6-2-12(16)3-7-14)22(19,20)15-8-4-13(17)5-9-15/h2-9H,10-11H2,1H3. The second-order valence-electron chi connectivity index (χ2n) is 4.58. The van der Waals surface area contributed by atoms with Crippen LogP contribution in [0.25, 0.3) is 0 Å². The molecule has 0 unspecified atom stereocenters. The van der Waals surface area contributed by atoms with E-state index < -0.39 is 15.8 Å². The monoisotopic (exact) mass is 327 g/mol. The number of benzene rings is 2. The molecule has 0 saturated heterocycles. The lowest BCUT2D eigenvalue weighted by atomic mass is 10.3. The molecule has 4 nitrogen and oxygen atoms in total. The molecule has 22 heavy (non-hydrogen) atoms. The summed E-state index contributed by atoms with van der Waals surface area (Å²) in [4.78, 5) is 0.0122. The SMILES string of the molecule is CN(CCOc1ccc(F)cc1)S(=O)(=O)c1ccc(F)cc1. The Hall–Kier alpha value is -1.99. The van der Waals surface area contributed by atoms with E-state index in [1.165, 1.54) is 43.4 Å². The minimum Gasteiger partial charge on any atom is -0.492 e. The van der Waals surface area contributed by atoms with Crippen LogP contribution in [-0.2, 0) is 10.0 Å². The maximum atomic E-state index is 12.8. The first-order chi connectivity index (χ1) is 10.4. The third-order valence-electron chi connectivity index (χ3n) is 3.01. The van der Waals surface area contributed by atoms with Gasteiger partial charge in [-0.15, -0.1) is 0 Å². The highest BCUT2D eigenvalue weighted by Gasteiger charge is 2.20. The van der Waals surface area contributed by atoms with E-state index in [2.05, 4.69) is 0 Å². The molecule has 2 rings (SSSR count). The number of hydrogen-bond donors (Lipinski definition) is 0. The lowest BCUT2D eigenvalue weighted by Crippen LogP contribution is -2.31. The van der Waals surface area contributed by atoms with Crippen LogP contribution in [0.2, 0.25) is 0 Å². The Labute approximate surface area is 128 Å². The molecule has 0 aromatic heterocycles. The number of halogens is 2. The van der Waals surface area contributed by atoms with Crippen molar-refractivity contribution in [2.45, 2.75) is 4.90 Å². The third kappa shape index (κ3) is 4.02. The van der Waals surface area contributed by atoms with Crippen LogP contribution >= 0.6 is 0 Å². The van der Waals surface area contributed by atoms with Crippen molar-refractivity contribution < 1.29 is 21.9 Å². The third-order valence-corrected chi connectivity index (χ3v) is 4.88. The van der Waals surface area contributed by atoms with Gasteiger partial charge >= 0.3 is 0 Å². The molecule has 0 atom stereocenters. The van der Waals surface area contributed by atoms with E-state index in [-0.39, 0.29) is 23.9 Å². The molecule has 0 radical (unpaired) electrons. The Morgan fingerprint density at radius 2 is 1.45 bits per heavy atom. The molecule has 2 aromatic carbocycles. The molecular weight excluding hydrogens is 312 g/mol. The van der Waals surface area contributed by atoms with Crippen LogP contribution in [0, 0.1) is 11.6 Å². The van der Waals surface area contributed by atoms with E-state index in [0.717, 1.165) is 16.4 Å². The van der Waals surface area contributed by atoms with Crippen molar-refractivity contribution in [3.8, 4) is 5.75 Å². The van der Waals surface area contributed by atoms with Gasteiger partial charge in [-0.25, -0.2) is 17.2 Å². The molecule has 0 fully saturated rings. The molecule has 7 heteroatoms. The minimum absolute atomic E-state index is 0.0122. The predicted molar refractivity (Wildman–Crippen MR) is 78.1 cm³/mol. The van der Waals surface area contributed by atoms with Crippen molar-refractivity contribution in [2.24, 2.45) is 0 Å². The van der Waals surface area contributed by atoms with Crippen molar-refractivity contribution in [3.05, 3.63) is 60.2 Å². The zero-order valence-corrected chi connectivity index (χ0v) is 12.7. The average Bonchev–Trinajstić information content (AvgIpc) is 2.49. The van der Waals surface area contributed by atoms with Gasteiger partial charge in [-0.05, 0) is 48.5 Å². The van der Waals surface area contributed by atoms with E-state index in [9.17, 15) is 17.2 Å². The highest BCUT2D eigenvalue weighted by Crippen LogP contribution is 2.15. The number of nitrogens with zero attached hydrogens (tertiary/aromatic N) is 1. The van der Waals surface area contributed by atoms with Crippen molar-refractivity contribution in [1.82, 2.24) is 4.31 Å². The summed E-state index contributed by atoms with van der Waals surface area (Å²) in [7, 11) is -2.28. The molecule has 0 N–H and O–H groups in total. The zero-order valence-electron chi connectivity index (χ0n) is 11.9. The molecule has 118 valence electrons. The number of rotatable bonds is 6. The van der Waals surface area contributed by atoms with Crippen molar-refractivity contribution in [1.29, 1.82) is 0 Å². The summed E-state index contributed by atoms with van der Waals surface area (Å²) >= 11 is 0. The Morgan fingerprint density at radius 3 is 2.00 bits per heavy atom. The Morgan fingerprint density at radius 1 is 0.955 bits per heavy atom. The minimum atomic E-state index is -3.69. The summed E-state index contributed by atoms with van der Waals surface area (Å²) in [5, 5.41) is 0. The predicted octanol–water partition coefficient (Wildman–Crippen LogP) is 2.66. The van der Waals surface area contributed by atoms with E-state index >= 15 is 0 Å². The topological polar surface area (TPSA) is 46.6 Å². The summed E-state index contributed by atoms with van der Waals surface area (Å²) < 4.78 is 56.5. The van der Waals surface area contributed by atoms with Crippen LogP contribution < -0.4 is 4.74 Å². The zero-order chi connectivity index (χ0) is 16.2. The van der Waals surface area contributed by atoms with Gasteiger partial charge in [0.1, 0.15) is 24.0 Å². The lowest BCUT2D eigenvalue weighted by molar-refractivity contribution is 0.286. The molecule has 2 aromatic rings. The maximum Gasteiger partial charge on any atom is 0.242 e. The Kier molecular flexibility index (Phi) is 5.10. The van der Waals surface area contributed by atoms with Gasteiger partial charge in [0.15, 0.2) is 0 Å². The van der Waals surface area contributed by atoms with Gasteiger partial charge in [0.25, 0.3) is 0 Å². The number of hydrogen-bond acceptors (Lipinski definition) is 3. The highest BCUT2D eigenvalue weighted by atomic mass is 32.2. The molecule has 0 spiro atoms. The fourth-order valence-electron chi connectivity index (χ4n) is 1.73. The van der Waals surface area contributed by atoms with Crippen molar-refractivity contribution in [2.75, 3.05) is 20.2 Å². The van der Waals surface area contributed by atoms with E-state index in [4.69, 9.17) is 4.74 Å². The van der Waals surface area contributed by atoms with Gasteiger partial charge in [0, 0.05) is 13.6 Å². The molecule has 0 aliphatic carbocycles. The Balaban J connectivity index is 1.94. The van der Waals surface area contributed by atoms with E-state index in [1.807, 2.05) is 0 Å². The van der Waals surface area contributed by atoms with Gasteiger partial charge in [-0.3, -0.25) is 0 Å². The smallest absolute Gasteiger partial charge is 0.242 e. The van der Waals surface area contributed by atoms with Crippen molar-refractivity contribution in [3.63, 3.8) is 0 Å². The fraction of sp³-hybridized carbons (Fsp3) is 0.200. The van der Waals surface area contributed by atoms with Crippen LogP contribution in [0.5, 0.6) is 5.75 Å². The number of likely N-dealkylation sites (N-methyl/N-ethyl adjacent to an activating group) is 1. The van der Waals surface area contributed by atoms with Gasteiger partial charge in [0.05, 0.1) is 4.90 Å². The number of ether oxygens (including phenoxy) is 1. The molecule has 0 saturated carbocycles. The Bertz CT molecular complexity index is 715. The van der Waals surface area contributed by atoms with E-state index in [0.29, 0.717) is 5.75 Å². The van der Waals surface area contributed by atoms with Crippen molar-refractivity contribution >= 4 is 10.0 Å². The normalized spacial score (nSPS) is 11.6.